The van der Waals surface area contributed by atoms with E-state index >= 15 is 0 Å². The quantitative estimate of drug-likeness (QED) is 0.0877. The van der Waals surface area contributed by atoms with Crippen molar-refractivity contribution in [3.8, 4) is 5.75 Å². The molecule has 0 aliphatic carbocycles. The maximum Gasteiger partial charge on any atom is 0.324 e. The van der Waals surface area contributed by atoms with Gasteiger partial charge in [-0.15, -0.1) is 0 Å². The van der Waals surface area contributed by atoms with Crippen LogP contribution in [0.25, 0.3) is 10.2 Å². The monoisotopic (exact) mass is 629 g/mol. The largest absolute Gasteiger partial charge is 0.497 e. The van der Waals surface area contributed by atoms with Gasteiger partial charge < -0.3 is 4.74 Å². The Kier molecular flexibility index (Phi) is 10.4. The number of hydrogen-bond donors (Lipinski definition) is 0. The van der Waals surface area contributed by atoms with Crippen molar-refractivity contribution in [2.75, 3.05) is 25.2 Å². The van der Waals surface area contributed by atoms with Gasteiger partial charge in [-0.2, -0.15) is 14.4 Å². The molecule has 0 N–H and O–H groups in total. The molecule has 14 heteroatoms. The van der Waals surface area contributed by atoms with Crippen molar-refractivity contribution in [3.05, 3.63) is 75.2 Å². The average molecular weight is 630 g/mol. The highest BCUT2D eigenvalue weighted by Gasteiger charge is 2.26. The van der Waals surface area contributed by atoms with E-state index in [-0.39, 0.29) is 20.6 Å². The van der Waals surface area contributed by atoms with Gasteiger partial charge in [0.05, 0.1) is 38.2 Å². The third-order valence-corrected chi connectivity index (χ3v) is 10.2. The van der Waals surface area contributed by atoms with Crippen LogP contribution in [0.3, 0.4) is 0 Å². The lowest BCUT2D eigenvalue weighted by Gasteiger charge is -2.22. The zero-order valence-electron chi connectivity index (χ0n) is 23.4. The number of sulfonamides is 1. The number of thiazole rings is 1. The average Bonchev–Trinajstić information content (AvgIpc) is 3.64. The van der Waals surface area contributed by atoms with Crippen LogP contribution in [-0.2, 0) is 10.0 Å². The van der Waals surface area contributed by atoms with Crippen molar-refractivity contribution in [3.63, 3.8) is 0 Å². The Morgan fingerprint density at radius 3 is 2.33 bits per heavy atom. The molecule has 42 heavy (non-hydrogen) atoms. The van der Waals surface area contributed by atoms with Crippen LogP contribution < -0.4 is 9.75 Å². The fourth-order valence-corrected chi connectivity index (χ4v) is 7.14. The summed E-state index contributed by atoms with van der Waals surface area (Å²) in [5.74, 6) is 0.0924. The predicted octanol–water partition coefficient (Wildman–Crippen LogP) is 6.55. The molecule has 0 bridgehead atoms. The predicted molar refractivity (Wildman–Crippen MR) is 167 cm³/mol. The number of hydrazone groups is 1. The topological polar surface area (TPSA) is 135 Å². The van der Waals surface area contributed by atoms with Gasteiger partial charge in [0.2, 0.25) is 15.2 Å². The summed E-state index contributed by atoms with van der Waals surface area (Å²) in [7, 11) is -2.18. The first-order chi connectivity index (χ1) is 20.2. The molecule has 2 aromatic heterocycles. The molecule has 0 saturated heterocycles. The third kappa shape index (κ3) is 7.18. The first-order valence-corrected chi connectivity index (χ1v) is 16.4. The summed E-state index contributed by atoms with van der Waals surface area (Å²) in [6.07, 6.45) is 4.63. The summed E-state index contributed by atoms with van der Waals surface area (Å²) < 4.78 is 34.3. The maximum absolute atomic E-state index is 13.7. The molecule has 0 radical (unpaired) electrons. The van der Waals surface area contributed by atoms with Crippen molar-refractivity contribution in [1.29, 1.82) is 0 Å². The number of fused-ring (bicyclic) bond motifs is 1. The normalized spacial score (nSPS) is 11.9. The second-order valence-corrected chi connectivity index (χ2v) is 13.3. The highest BCUT2D eigenvalue weighted by Crippen LogP contribution is 2.33. The van der Waals surface area contributed by atoms with Crippen LogP contribution in [0.1, 0.15) is 54.8 Å². The van der Waals surface area contributed by atoms with Crippen molar-refractivity contribution in [2.45, 2.75) is 44.4 Å². The third-order valence-electron chi connectivity index (χ3n) is 6.31. The minimum Gasteiger partial charge on any atom is -0.497 e. The van der Waals surface area contributed by atoms with E-state index in [1.165, 1.54) is 52.2 Å². The second kappa shape index (κ2) is 14.0. The van der Waals surface area contributed by atoms with E-state index in [9.17, 15) is 23.3 Å². The van der Waals surface area contributed by atoms with Crippen molar-refractivity contribution in [2.24, 2.45) is 5.10 Å². The van der Waals surface area contributed by atoms with Gasteiger partial charge in [0.25, 0.3) is 5.91 Å². The lowest BCUT2D eigenvalue weighted by Crippen LogP contribution is -2.33. The summed E-state index contributed by atoms with van der Waals surface area (Å²) in [5.41, 5.74) is 0.838. The Labute approximate surface area is 252 Å². The smallest absolute Gasteiger partial charge is 0.324 e. The SMILES string of the molecule is CCCCN(CCCC)S(=O)(=O)c1ccc(C(=O)N(/N=C/c2ccc([N+](=O)[O-])s2)c2nc3ccc(OC)cc3s2)cc1. The standard InChI is InChI=1S/C28H31N5O6S3/c1-4-6-16-31(17-7-5-2)42(37,38)23-12-8-20(9-13-23)27(34)32(29-19-22-11-15-26(40-22)33(35)36)28-30-24-14-10-21(39-3)18-25(24)41-28/h8-15,18-19H,4-7,16-17H2,1-3H3/b29-19+. The number of unbranched alkanes of at least 4 members (excludes halogenated alkanes) is 2. The van der Waals surface area contributed by atoms with Crippen molar-refractivity contribution in [1.82, 2.24) is 9.29 Å². The molecular weight excluding hydrogens is 599 g/mol. The van der Waals surface area contributed by atoms with E-state index in [1.807, 2.05) is 13.8 Å². The molecule has 0 aliphatic rings. The van der Waals surface area contributed by atoms with Gasteiger partial charge in [0, 0.05) is 24.7 Å². The Bertz CT molecular complexity index is 1670. The van der Waals surface area contributed by atoms with Crippen LogP contribution in [0, 0.1) is 10.1 Å². The minimum atomic E-state index is -3.73. The van der Waals surface area contributed by atoms with Gasteiger partial charge in [0.15, 0.2) is 0 Å². The number of ether oxygens (including phenoxy) is 1. The molecule has 1 amide bonds. The second-order valence-electron chi connectivity index (χ2n) is 9.26. The van der Waals surface area contributed by atoms with Gasteiger partial charge in [-0.05, 0) is 61.4 Å². The lowest BCUT2D eigenvalue weighted by molar-refractivity contribution is -0.380. The molecule has 4 aromatic rings. The fourth-order valence-electron chi connectivity index (χ4n) is 3.99. The Morgan fingerprint density at radius 1 is 1.05 bits per heavy atom. The first-order valence-electron chi connectivity index (χ1n) is 13.3. The van der Waals surface area contributed by atoms with E-state index in [0.717, 1.165) is 46.7 Å². The van der Waals surface area contributed by atoms with E-state index in [1.54, 1.807) is 31.4 Å². The number of aromatic nitrogens is 1. The number of nitrogens with zero attached hydrogens (tertiary/aromatic N) is 5. The van der Waals surface area contributed by atoms with Crippen molar-refractivity contribution >= 4 is 65.2 Å². The first kappa shape index (κ1) is 31.2. The van der Waals surface area contributed by atoms with E-state index in [2.05, 4.69) is 10.1 Å². The summed E-state index contributed by atoms with van der Waals surface area (Å²) in [4.78, 5) is 29.5. The number of benzene rings is 2. The molecule has 0 aliphatic heterocycles. The molecule has 0 unspecified atom stereocenters. The molecule has 4 rings (SSSR count). The molecule has 222 valence electrons. The fraction of sp³-hybridized carbons (Fsp3) is 0.321. The van der Waals surface area contributed by atoms with Crippen molar-refractivity contribution < 1.29 is 22.9 Å². The van der Waals surface area contributed by atoms with E-state index < -0.39 is 20.9 Å². The molecule has 11 nitrogen and oxygen atoms in total. The Hall–Kier alpha value is -3.72. The zero-order chi connectivity index (χ0) is 30.3. The summed E-state index contributed by atoms with van der Waals surface area (Å²) >= 11 is 2.15. The lowest BCUT2D eigenvalue weighted by atomic mass is 10.2. The number of methoxy groups -OCH3 is 1. The Balaban J connectivity index is 1.67. The molecular formula is C28H31N5O6S3. The van der Waals surface area contributed by atoms with Gasteiger partial charge in [-0.3, -0.25) is 14.9 Å². The van der Waals surface area contributed by atoms with Crippen LogP contribution in [0.2, 0.25) is 0 Å². The van der Waals surface area contributed by atoms with Gasteiger partial charge in [-0.25, -0.2) is 13.4 Å². The summed E-state index contributed by atoms with van der Waals surface area (Å²) in [6, 6.07) is 14.0. The molecule has 0 saturated carbocycles. The summed E-state index contributed by atoms with van der Waals surface area (Å²) in [5, 5.41) is 16.8. The molecule has 0 fully saturated rings. The van der Waals surface area contributed by atoms with Crippen LogP contribution in [0.15, 0.2) is 64.6 Å². The number of nitro groups is 1. The number of hydrogen-bond acceptors (Lipinski definition) is 10. The van der Waals surface area contributed by atoms with Gasteiger partial charge in [0.1, 0.15) is 5.75 Å². The van der Waals surface area contributed by atoms with E-state index in [0.29, 0.717) is 29.2 Å². The summed E-state index contributed by atoms with van der Waals surface area (Å²) in [6.45, 7) is 4.90. The maximum atomic E-state index is 13.7. The molecule has 2 heterocycles. The number of carbonyl (C=O) groups is 1. The Morgan fingerprint density at radius 2 is 1.74 bits per heavy atom. The van der Waals surface area contributed by atoms with Crippen LogP contribution >= 0.6 is 22.7 Å². The molecule has 0 atom stereocenters. The minimum absolute atomic E-state index is 0.0508. The number of anilines is 1. The number of carbonyl (C=O) groups excluding carboxylic acids is 1. The van der Waals surface area contributed by atoms with Gasteiger partial charge in [-0.1, -0.05) is 49.4 Å². The van der Waals surface area contributed by atoms with Crippen LogP contribution in [0.4, 0.5) is 10.1 Å². The zero-order valence-corrected chi connectivity index (χ0v) is 25.9. The van der Waals surface area contributed by atoms with Crippen LogP contribution in [-0.4, -0.2) is 55.0 Å². The molecule has 0 spiro atoms. The number of rotatable bonds is 14. The van der Waals surface area contributed by atoms with Crippen LogP contribution in [0.5, 0.6) is 5.75 Å². The highest BCUT2D eigenvalue weighted by atomic mass is 32.2. The van der Waals surface area contributed by atoms with Gasteiger partial charge >= 0.3 is 5.00 Å². The number of amides is 1. The number of thiophene rings is 1. The molecule has 2 aromatic carbocycles. The van der Waals surface area contributed by atoms with E-state index in [4.69, 9.17) is 4.74 Å². The highest BCUT2D eigenvalue weighted by molar-refractivity contribution is 7.89.